The monoisotopic (exact) mass is 434 g/mol. The third-order valence-corrected chi connectivity index (χ3v) is 6.77. The molecular weight excluding hydrogens is 415 g/mol. The van der Waals surface area contributed by atoms with Gasteiger partial charge < -0.3 is 4.57 Å². The van der Waals surface area contributed by atoms with E-state index in [9.17, 15) is 12.8 Å². The maximum absolute atomic E-state index is 14.6. The lowest BCUT2D eigenvalue weighted by molar-refractivity contribution is 0.600. The van der Waals surface area contributed by atoms with Crippen molar-refractivity contribution in [1.82, 2.24) is 14.8 Å². The number of aryl methyl sites for hydroxylation is 2. The van der Waals surface area contributed by atoms with Gasteiger partial charge in [0, 0.05) is 23.7 Å². The van der Waals surface area contributed by atoms with Gasteiger partial charge in [0.05, 0.1) is 10.5 Å². The number of aromatic nitrogens is 3. The van der Waals surface area contributed by atoms with Gasteiger partial charge >= 0.3 is 0 Å². The lowest BCUT2D eigenvalue weighted by Gasteiger charge is -2.13. The largest absolute Gasteiger partial charge is 0.311 e. The second-order valence-corrected chi connectivity index (χ2v) is 9.20. The van der Waals surface area contributed by atoms with Crippen LogP contribution in [0.2, 0.25) is 5.02 Å². The molecule has 0 spiro atoms. The molecule has 1 aliphatic heterocycles. The van der Waals surface area contributed by atoms with Gasteiger partial charge in [-0.1, -0.05) is 24.1 Å². The zero-order valence-corrected chi connectivity index (χ0v) is 17.4. The molecule has 4 rings (SSSR count). The number of hydrogen-bond acceptors (Lipinski definition) is 4. The average Bonchev–Trinajstić information content (AvgIpc) is 2.92. The number of hydrogen-bond donors (Lipinski definition) is 1. The van der Waals surface area contributed by atoms with Gasteiger partial charge in [0.1, 0.15) is 11.6 Å². The molecule has 0 fully saturated rings. The minimum absolute atomic E-state index is 0.0761. The molecule has 2 aromatic carbocycles. The minimum atomic E-state index is -3.89. The van der Waals surface area contributed by atoms with Gasteiger partial charge in [0.2, 0.25) is 0 Å². The van der Waals surface area contributed by atoms with Gasteiger partial charge in [-0.3, -0.25) is 4.72 Å². The van der Waals surface area contributed by atoms with Gasteiger partial charge in [-0.15, -0.1) is 10.2 Å². The number of sulfonamides is 1. The molecule has 0 radical (unpaired) electrons. The molecule has 2 heterocycles. The molecule has 0 atom stereocenters. The summed E-state index contributed by atoms with van der Waals surface area (Å²) in [6.07, 6.45) is 3.89. The SMILES string of the molecule is Cc1ccc(Cl)cc1S(=O)(=O)Nc1ccc(F)c(-c2nnc3n2CCCCC3)c1. The zero-order valence-electron chi connectivity index (χ0n) is 15.8. The van der Waals surface area contributed by atoms with Crippen molar-refractivity contribution >= 4 is 27.3 Å². The fourth-order valence-electron chi connectivity index (χ4n) is 3.52. The van der Waals surface area contributed by atoms with Crippen LogP contribution in [0.25, 0.3) is 11.4 Å². The van der Waals surface area contributed by atoms with Crippen LogP contribution in [0.15, 0.2) is 41.3 Å². The lowest BCUT2D eigenvalue weighted by atomic mass is 10.1. The van der Waals surface area contributed by atoms with Crippen LogP contribution in [0, 0.1) is 12.7 Å². The van der Waals surface area contributed by atoms with E-state index >= 15 is 0 Å². The van der Waals surface area contributed by atoms with Gasteiger partial charge in [-0.25, -0.2) is 12.8 Å². The first-order valence-electron chi connectivity index (χ1n) is 9.36. The fraction of sp³-hybridized carbons (Fsp3) is 0.300. The van der Waals surface area contributed by atoms with E-state index in [1.54, 1.807) is 19.1 Å². The maximum atomic E-state index is 14.6. The molecule has 1 aliphatic rings. The van der Waals surface area contributed by atoms with E-state index in [4.69, 9.17) is 11.6 Å². The molecule has 0 saturated heterocycles. The highest BCUT2D eigenvalue weighted by atomic mass is 35.5. The predicted molar refractivity (Wildman–Crippen MR) is 110 cm³/mol. The van der Waals surface area contributed by atoms with Crippen LogP contribution in [0.3, 0.4) is 0 Å². The summed E-state index contributed by atoms with van der Waals surface area (Å²) < 4.78 is 44.7. The van der Waals surface area contributed by atoms with E-state index in [1.165, 1.54) is 24.3 Å². The highest BCUT2D eigenvalue weighted by molar-refractivity contribution is 7.92. The standard InChI is InChI=1S/C20H20ClFN4O2S/c1-13-6-7-14(21)11-18(13)29(27,28)25-15-8-9-17(22)16(12-15)20-24-23-19-5-3-2-4-10-26(19)20/h6-9,11-12,25H,2-5,10H2,1H3. The Labute approximate surface area is 173 Å². The van der Waals surface area contributed by atoms with Gasteiger partial charge in [0.25, 0.3) is 10.0 Å². The van der Waals surface area contributed by atoms with Crippen molar-refractivity contribution in [1.29, 1.82) is 0 Å². The summed E-state index contributed by atoms with van der Waals surface area (Å²) in [5.41, 5.74) is 1.02. The third-order valence-electron chi connectivity index (χ3n) is 5.01. The van der Waals surface area contributed by atoms with Crippen LogP contribution in [0.4, 0.5) is 10.1 Å². The van der Waals surface area contributed by atoms with Crippen molar-refractivity contribution in [3.05, 3.63) is 58.6 Å². The molecule has 1 N–H and O–H groups in total. The van der Waals surface area contributed by atoms with E-state index in [2.05, 4.69) is 14.9 Å². The van der Waals surface area contributed by atoms with E-state index in [-0.39, 0.29) is 16.1 Å². The topological polar surface area (TPSA) is 76.9 Å². The fourth-order valence-corrected chi connectivity index (χ4v) is 5.08. The Balaban J connectivity index is 1.71. The van der Waals surface area contributed by atoms with Crippen molar-refractivity contribution in [2.75, 3.05) is 4.72 Å². The van der Waals surface area contributed by atoms with E-state index in [0.29, 0.717) is 16.4 Å². The molecule has 152 valence electrons. The van der Waals surface area contributed by atoms with Crippen LogP contribution in [-0.2, 0) is 23.0 Å². The van der Waals surface area contributed by atoms with E-state index in [0.717, 1.165) is 38.1 Å². The zero-order chi connectivity index (χ0) is 20.6. The number of fused-ring (bicyclic) bond motifs is 1. The van der Waals surface area contributed by atoms with Gasteiger partial charge in [-0.2, -0.15) is 0 Å². The third kappa shape index (κ3) is 4.00. The Morgan fingerprint density at radius 1 is 1.10 bits per heavy atom. The van der Waals surface area contributed by atoms with Crippen LogP contribution in [0.1, 0.15) is 30.7 Å². The van der Waals surface area contributed by atoms with Crippen molar-refractivity contribution in [2.45, 2.75) is 44.0 Å². The molecular formula is C20H20ClFN4O2S. The molecule has 6 nitrogen and oxygen atoms in total. The second-order valence-electron chi connectivity index (χ2n) is 7.11. The van der Waals surface area contributed by atoms with Crippen molar-refractivity contribution in [3.63, 3.8) is 0 Å². The lowest BCUT2D eigenvalue weighted by Crippen LogP contribution is -2.14. The molecule has 29 heavy (non-hydrogen) atoms. The number of nitrogens with one attached hydrogen (secondary N) is 1. The molecule has 0 aliphatic carbocycles. The number of nitrogens with zero attached hydrogens (tertiary/aromatic N) is 3. The number of anilines is 1. The Kier molecular flexibility index (Phi) is 5.31. The summed E-state index contributed by atoms with van der Waals surface area (Å²) in [7, 11) is -3.89. The first-order valence-corrected chi connectivity index (χ1v) is 11.2. The smallest absolute Gasteiger partial charge is 0.262 e. The van der Waals surface area contributed by atoms with Crippen LogP contribution < -0.4 is 4.72 Å². The summed E-state index contributed by atoms with van der Waals surface area (Å²) in [6, 6.07) is 8.73. The predicted octanol–water partition coefficient (Wildman–Crippen LogP) is 4.57. The van der Waals surface area contributed by atoms with Gasteiger partial charge in [0.15, 0.2) is 5.82 Å². The molecule has 3 aromatic rings. The van der Waals surface area contributed by atoms with Crippen molar-refractivity contribution < 1.29 is 12.8 Å². The summed E-state index contributed by atoms with van der Waals surface area (Å²) >= 11 is 5.96. The Hall–Kier alpha value is -2.45. The number of halogens is 2. The molecule has 1 aromatic heterocycles. The second kappa shape index (κ2) is 7.76. The Bertz CT molecular complexity index is 1180. The van der Waals surface area contributed by atoms with E-state index in [1.807, 2.05) is 4.57 Å². The quantitative estimate of drug-likeness (QED) is 0.652. The average molecular weight is 435 g/mol. The van der Waals surface area contributed by atoms with Crippen LogP contribution in [0.5, 0.6) is 0 Å². The summed E-state index contributed by atoms with van der Waals surface area (Å²) in [5.74, 6) is 0.767. The Morgan fingerprint density at radius 3 is 2.76 bits per heavy atom. The van der Waals surface area contributed by atoms with Crippen LogP contribution in [-0.4, -0.2) is 23.2 Å². The highest BCUT2D eigenvalue weighted by Gasteiger charge is 2.21. The molecule has 0 saturated carbocycles. The molecule has 0 unspecified atom stereocenters. The minimum Gasteiger partial charge on any atom is -0.311 e. The number of rotatable bonds is 4. The first kappa shape index (κ1) is 19.8. The molecule has 0 amide bonds. The highest BCUT2D eigenvalue weighted by Crippen LogP contribution is 2.29. The maximum Gasteiger partial charge on any atom is 0.262 e. The van der Waals surface area contributed by atoms with Crippen LogP contribution >= 0.6 is 11.6 Å². The Morgan fingerprint density at radius 2 is 1.93 bits per heavy atom. The summed E-state index contributed by atoms with van der Waals surface area (Å²) in [5, 5.41) is 8.69. The normalized spacial score (nSPS) is 14.3. The molecule has 9 heteroatoms. The van der Waals surface area contributed by atoms with Crippen molar-refractivity contribution in [2.24, 2.45) is 0 Å². The first-order chi connectivity index (χ1) is 13.8. The van der Waals surface area contributed by atoms with Gasteiger partial charge in [-0.05, 0) is 55.7 Å². The number of benzene rings is 2. The summed E-state index contributed by atoms with van der Waals surface area (Å²) in [6.45, 7) is 2.40. The van der Waals surface area contributed by atoms with Crippen molar-refractivity contribution in [3.8, 4) is 11.4 Å². The summed E-state index contributed by atoms with van der Waals surface area (Å²) in [4.78, 5) is 0.0761. The molecule has 0 bridgehead atoms. The van der Waals surface area contributed by atoms with E-state index < -0.39 is 15.8 Å².